The van der Waals surface area contributed by atoms with Crippen molar-refractivity contribution in [3.8, 4) is 11.5 Å². The summed E-state index contributed by atoms with van der Waals surface area (Å²) in [6.45, 7) is 2.17. The Labute approximate surface area is 228 Å². The Kier molecular flexibility index (Phi) is 8.94. The predicted octanol–water partition coefficient (Wildman–Crippen LogP) is 6.10. The molecule has 0 radical (unpaired) electrons. The van der Waals surface area contributed by atoms with Gasteiger partial charge in [-0.15, -0.1) is 0 Å². The molecule has 4 rings (SSSR count). The maximum absolute atomic E-state index is 14.0. The molecule has 6 nitrogen and oxygen atoms in total. The zero-order chi connectivity index (χ0) is 27.8. The van der Waals surface area contributed by atoms with Crippen molar-refractivity contribution in [1.82, 2.24) is 4.90 Å². The number of carbonyl (C=O) groups excluding carboxylic acids is 2. The summed E-state index contributed by atoms with van der Waals surface area (Å²) in [5.74, 6) is -0.165. The first-order chi connectivity index (χ1) is 18.9. The van der Waals surface area contributed by atoms with Crippen LogP contribution in [0.5, 0.6) is 11.5 Å². The third kappa shape index (κ3) is 7.02. The van der Waals surface area contributed by atoms with Gasteiger partial charge in [-0.25, -0.2) is 4.39 Å². The van der Waals surface area contributed by atoms with Crippen LogP contribution in [-0.4, -0.2) is 30.9 Å². The summed E-state index contributed by atoms with van der Waals surface area (Å²) in [6.07, 6.45) is 0.101. The number of nitrogens with one attached hydrogen (secondary N) is 1. The van der Waals surface area contributed by atoms with Crippen LogP contribution in [0.2, 0.25) is 0 Å². The summed E-state index contributed by atoms with van der Waals surface area (Å²) in [4.78, 5) is 29.4. The smallest absolute Gasteiger partial charge is 0.251 e. The van der Waals surface area contributed by atoms with E-state index in [2.05, 4.69) is 5.32 Å². The molecule has 1 unspecified atom stereocenters. The summed E-state index contributed by atoms with van der Waals surface area (Å²) in [7, 11) is 3.04. The number of aryl methyl sites for hydroxylation is 1. The number of carbonyl (C=O) groups is 2. The highest BCUT2D eigenvalue weighted by Crippen LogP contribution is 2.32. The molecule has 7 heteroatoms. The molecule has 4 aromatic carbocycles. The number of ether oxygens (including phenoxy) is 2. The lowest BCUT2D eigenvalue weighted by Gasteiger charge is -2.32. The van der Waals surface area contributed by atoms with Crippen LogP contribution in [0.25, 0.3) is 0 Å². The predicted molar refractivity (Wildman–Crippen MR) is 149 cm³/mol. The third-order valence-corrected chi connectivity index (χ3v) is 6.40. The highest BCUT2D eigenvalue weighted by atomic mass is 19.1. The molecule has 39 heavy (non-hydrogen) atoms. The second-order valence-electron chi connectivity index (χ2n) is 9.18. The lowest BCUT2D eigenvalue weighted by atomic mass is 10.0. The first kappa shape index (κ1) is 27.4. The number of rotatable bonds is 10. The number of amides is 2. The molecule has 0 aliphatic heterocycles. The Hall–Kier alpha value is -4.65. The van der Waals surface area contributed by atoms with E-state index in [1.165, 1.54) is 36.3 Å². The summed E-state index contributed by atoms with van der Waals surface area (Å²) >= 11 is 0. The van der Waals surface area contributed by atoms with Crippen LogP contribution in [0, 0.1) is 12.7 Å². The van der Waals surface area contributed by atoms with Gasteiger partial charge in [0, 0.05) is 12.6 Å². The lowest BCUT2D eigenvalue weighted by molar-refractivity contribution is -0.139. The van der Waals surface area contributed by atoms with Gasteiger partial charge < -0.3 is 19.7 Å². The van der Waals surface area contributed by atoms with Crippen molar-refractivity contribution in [2.75, 3.05) is 19.5 Å². The first-order valence-electron chi connectivity index (χ1n) is 12.5. The molecule has 1 atom stereocenters. The van der Waals surface area contributed by atoms with Gasteiger partial charge in [-0.3, -0.25) is 9.59 Å². The maximum Gasteiger partial charge on any atom is 0.251 e. The normalized spacial score (nSPS) is 11.4. The van der Waals surface area contributed by atoms with Crippen LogP contribution >= 0.6 is 0 Å². The Morgan fingerprint density at radius 2 is 1.54 bits per heavy atom. The average molecular weight is 527 g/mol. The minimum Gasteiger partial charge on any atom is -0.497 e. The van der Waals surface area contributed by atoms with E-state index >= 15 is 0 Å². The molecule has 0 bridgehead atoms. The summed E-state index contributed by atoms with van der Waals surface area (Å²) in [5.41, 5.74) is 3.67. The molecule has 1 N–H and O–H groups in total. The standard InChI is InChI=1S/C32H31FN2O4/c1-22-9-11-24(12-10-22)21-35(30(36)19-23-7-5-4-6-8-23)31(25-13-15-26(33)16-14-25)32(37)34-28-18-17-27(38-2)20-29(28)39-3/h4-18,20,31H,19,21H2,1-3H3,(H,34,37). The Morgan fingerprint density at radius 3 is 2.18 bits per heavy atom. The molecule has 0 spiro atoms. The van der Waals surface area contributed by atoms with E-state index in [1.807, 2.05) is 61.5 Å². The van der Waals surface area contributed by atoms with E-state index < -0.39 is 17.8 Å². The van der Waals surface area contributed by atoms with Gasteiger partial charge in [0.25, 0.3) is 5.91 Å². The van der Waals surface area contributed by atoms with Gasteiger partial charge in [-0.2, -0.15) is 0 Å². The van der Waals surface area contributed by atoms with Crippen LogP contribution in [0.3, 0.4) is 0 Å². The molecule has 0 fully saturated rings. The number of anilines is 1. The topological polar surface area (TPSA) is 67.9 Å². The van der Waals surface area contributed by atoms with Crippen molar-refractivity contribution >= 4 is 17.5 Å². The van der Waals surface area contributed by atoms with Crippen molar-refractivity contribution < 1.29 is 23.5 Å². The fourth-order valence-electron chi connectivity index (χ4n) is 4.31. The molecular weight excluding hydrogens is 495 g/mol. The van der Waals surface area contributed by atoms with Crippen LogP contribution in [-0.2, 0) is 22.6 Å². The number of nitrogens with zero attached hydrogens (tertiary/aromatic N) is 1. The van der Waals surface area contributed by atoms with Gasteiger partial charge in [0.2, 0.25) is 5.91 Å². The molecule has 0 saturated heterocycles. The van der Waals surface area contributed by atoms with Crippen molar-refractivity contribution in [3.05, 3.63) is 125 Å². The van der Waals surface area contributed by atoms with Crippen LogP contribution in [0.1, 0.15) is 28.3 Å². The molecule has 0 saturated carbocycles. The Morgan fingerprint density at radius 1 is 0.846 bits per heavy atom. The van der Waals surface area contributed by atoms with Crippen molar-refractivity contribution in [2.45, 2.75) is 25.9 Å². The fourth-order valence-corrected chi connectivity index (χ4v) is 4.31. The Balaban J connectivity index is 1.75. The van der Waals surface area contributed by atoms with Gasteiger partial charge in [0.15, 0.2) is 0 Å². The Bertz CT molecular complexity index is 1410. The van der Waals surface area contributed by atoms with Gasteiger partial charge in [-0.1, -0.05) is 72.3 Å². The zero-order valence-electron chi connectivity index (χ0n) is 22.2. The molecule has 2 amide bonds. The third-order valence-electron chi connectivity index (χ3n) is 6.40. The molecule has 0 aliphatic rings. The molecule has 0 heterocycles. The van der Waals surface area contributed by atoms with Crippen molar-refractivity contribution in [2.24, 2.45) is 0 Å². The largest absolute Gasteiger partial charge is 0.497 e. The highest BCUT2D eigenvalue weighted by molar-refractivity contribution is 5.99. The van der Waals surface area contributed by atoms with E-state index in [4.69, 9.17) is 9.47 Å². The van der Waals surface area contributed by atoms with Crippen molar-refractivity contribution in [1.29, 1.82) is 0 Å². The highest BCUT2D eigenvalue weighted by Gasteiger charge is 2.32. The van der Waals surface area contributed by atoms with E-state index in [0.29, 0.717) is 22.7 Å². The molecule has 0 aliphatic carbocycles. The zero-order valence-corrected chi connectivity index (χ0v) is 22.2. The number of hydrogen-bond acceptors (Lipinski definition) is 4. The number of halogens is 1. The summed E-state index contributed by atoms with van der Waals surface area (Å²) < 4.78 is 24.6. The summed E-state index contributed by atoms with van der Waals surface area (Å²) in [6, 6.07) is 26.8. The van der Waals surface area contributed by atoms with Gasteiger partial charge in [0.05, 0.1) is 26.3 Å². The lowest BCUT2D eigenvalue weighted by Crippen LogP contribution is -2.41. The molecule has 0 aromatic heterocycles. The van der Waals surface area contributed by atoms with Gasteiger partial charge >= 0.3 is 0 Å². The van der Waals surface area contributed by atoms with Crippen LogP contribution in [0.4, 0.5) is 10.1 Å². The average Bonchev–Trinajstić information content (AvgIpc) is 2.95. The maximum atomic E-state index is 14.0. The molecule has 200 valence electrons. The second-order valence-corrected chi connectivity index (χ2v) is 9.18. The van der Waals surface area contributed by atoms with Crippen LogP contribution < -0.4 is 14.8 Å². The monoisotopic (exact) mass is 526 g/mol. The first-order valence-corrected chi connectivity index (χ1v) is 12.5. The van der Waals surface area contributed by atoms with E-state index in [-0.39, 0.29) is 18.9 Å². The van der Waals surface area contributed by atoms with Crippen molar-refractivity contribution in [3.63, 3.8) is 0 Å². The van der Waals surface area contributed by atoms with Crippen LogP contribution in [0.15, 0.2) is 97.1 Å². The van der Waals surface area contributed by atoms with Gasteiger partial charge in [0.1, 0.15) is 23.4 Å². The molecular formula is C32H31FN2O4. The summed E-state index contributed by atoms with van der Waals surface area (Å²) in [5, 5.41) is 2.91. The van der Waals surface area contributed by atoms with E-state index in [1.54, 1.807) is 25.3 Å². The minimum absolute atomic E-state index is 0.101. The number of methoxy groups -OCH3 is 2. The number of hydrogen-bond donors (Lipinski definition) is 1. The van der Waals surface area contributed by atoms with E-state index in [0.717, 1.165) is 16.7 Å². The number of benzene rings is 4. The quantitative estimate of drug-likeness (QED) is 0.271. The van der Waals surface area contributed by atoms with Gasteiger partial charge in [-0.05, 0) is 47.9 Å². The fraction of sp³-hybridized carbons (Fsp3) is 0.188. The second kappa shape index (κ2) is 12.7. The molecule has 4 aromatic rings. The SMILES string of the molecule is COc1ccc(NC(=O)C(c2ccc(F)cc2)N(Cc2ccc(C)cc2)C(=O)Cc2ccccc2)c(OC)c1. The minimum atomic E-state index is -1.05. The van der Waals surface area contributed by atoms with E-state index in [9.17, 15) is 14.0 Å².